The quantitative estimate of drug-likeness (QED) is 0.0427. The number of rotatable bonds is 33. The Morgan fingerprint density at radius 3 is 1.43 bits per heavy atom. The van der Waals surface area contributed by atoms with Crippen molar-refractivity contribution in [2.24, 2.45) is 11.8 Å². The lowest BCUT2D eigenvalue weighted by Gasteiger charge is -2.16. The number of esters is 3. The smallest absolute Gasteiger partial charge is 0.325 e. The molecule has 2 atom stereocenters. The van der Waals surface area contributed by atoms with Gasteiger partial charge in [0.2, 0.25) is 5.91 Å². The molecule has 0 aliphatic heterocycles. The van der Waals surface area contributed by atoms with Gasteiger partial charge in [-0.15, -0.1) is 0 Å². The molecule has 0 fully saturated rings. The Labute approximate surface area is 282 Å². The molecule has 1 amide bonds. The Morgan fingerprint density at radius 2 is 0.870 bits per heavy atom. The van der Waals surface area contributed by atoms with Crippen LogP contribution >= 0.6 is 0 Å². The van der Waals surface area contributed by atoms with Crippen LogP contribution in [0.25, 0.3) is 0 Å². The molecule has 0 heterocycles. The van der Waals surface area contributed by atoms with Crippen LogP contribution in [0.3, 0.4) is 0 Å². The van der Waals surface area contributed by atoms with Gasteiger partial charge in [0.1, 0.15) is 6.54 Å². The van der Waals surface area contributed by atoms with Gasteiger partial charge >= 0.3 is 17.9 Å². The highest BCUT2D eigenvalue weighted by atomic mass is 16.5. The summed E-state index contributed by atoms with van der Waals surface area (Å²) >= 11 is 0. The van der Waals surface area contributed by atoms with Gasteiger partial charge in [-0.25, -0.2) is 0 Å². The molecule has 0 aromatic rings. The molecule has 0 radical (unpaired) electrons. The maximum atomic E-state index is 12.8. The van der Waals surface area contributed by atoms with Crippen molar-refractivity contribution in [2.75, 3.05) is 26.4 Å². The van der Waals surface area contributed by atoms with Crippen LogP contribution in [-0.2, 0) is 33.4 Å². The summed E-state index contributed by atoms with van der Waals surface area (Å²) in [6.07, 6.45) is 23.8. The summed E-state index contributed by atoms with van der Waals surface area (Å²) in [5.74, 6) is -0.933. The van der Waals surface area contributed by atoms with E-state index in [1.807, 2.05) is 0 Å². The lowest BCUT2D eigenvalue weighted by atomic mass is 9.94. The fraction of sp³-hybridized carbons (Fsp3) is 0.895. The highest BCUT2D eigenvalue weighted by molar-refractivity contribution is 5.81. The Morgan fingerprint density at radius 1 is 0.457 bits per heavy atom. The van der Waals surface area contributed by atoms with Crippen molar-refractivity contribution >= 4 is 23.8 Å². The van der Waals surface area contributed by atoms with E-state index < -0.39 is 5.97 Å². The van der Waals surface area contributed by atoms with Crippen molar-refractivity contribution in [3.63, 3.8) is 0 Å². The topological polar surface area (TPSA) is 108 Å². The molecule has 8 nitrogen and oxygen atoms in total. The van der Waals surface area contributed by atoms with Crippen LogP contribution < -0.4 is 5.32 Å². The zero-order valence-corrected chi connectivity index (χ0v) is 30.3. The standard InChI is InChI=1S/C38H71NO7/c1-5-9-12-14-15-20-27-34(26-19-13-10-6-2)38(43)45-30-22-17-16-21-29-44-36(41)32-39-35(40)28-23-31-46-37(42)33(24-8-4)25-18-11-7-3/h33-34H,5-32H2,1-4H3,(H,39,40). The molecule has 270 valence electrons. The second-order valence-electron chi connectivity index (χ2n) is 12.9. The summed E-state index contributed by atoms with van der Waals surface area (Å²) in [5, 5.41) is 2.58. The molecule has 2 unspecified atom stereocenters. The third-order valence-electron chi connectivity index (χ3n) is 8.54. The van der Waals surface area contributed by atoms with Crippen molar-refractivity contribution in [3.05, 3.63) is 0 Å². The zero-order chi connectivity index (χ0) is 34.1. The summed E-state index contributed by atoms with van der Waals surface area (Å²) in [6, 6.07) is 0. The summed E-state index contributed by atoms with van der Waals surface area (Å²) in [4.78, 5) is 49.1. The minimum atomic E-state index is -0.460. The molecule has 0 aromatic heterocycles. The minimum Gasteiger partial charge on any atom is -0.465 e. The molecule has 0 aromatic carbocycles. The normalized spacial score (nSPS) is 12.3. The third kappa shape index (κ3) is 27.0. The van der Waals surface area contributed by atoms with Crippen molar-refractivity contribution in [1.82, 2.24) is 5.32 Å². The monoisotopic (exact) mass is 654 g/mol. The molecule has 0 aliphatic rings. The molecular weight excluding hydrogens is 582 g/mol. The first kappa shape index (κ1) is 43.9. The van der Waals surface area contributed by atoms with E-state index in [1.54, 1.807) is 0 Å². The number of ether oxygens (including phenoxy) is 3. The number of unbranched alkanes of at least 4 members (excludes halogenated alkanes) is 13. The molecule has 0 spiro atoms. The van der Waals surface area contributed by atoms with Crippen molar-refractivity contribution in [1.29, 1.82) is 0 Å². The second-order valence-corrected chi connectivity index (χ2v) is 12.9. The molecule has 0 bridgehead atoms. The Bertz CT molecular complexity index is 757. The molecule has 0 rings (SSSR count). The Balaban J connectivity index is 3.96. The number of nitrogens with one attached hydrogen (secondary N) is 1. The van der Waals surface area contributed by atoms with E-state index >= 15 is 0 Å². The van der Waals surface area contributed by atoms with Crippen LogP contribution in [0, 0.1) is 11.8 Å². The summed E-state index contributed by atoms with van der Waals surface area (Å²) in [6.45, 7) is 9.45. The Hall–Kier alpha value is -2.12. The average molecular weight is 654 g/mol. The Kier molecular flexibility index (Phi) is 31.3. The van der Waals surface area contributed by atoms with Gasteiger partial charge < -0.3 is 19.5 Å². The van der Waals surface area contributed by atoms with E-state index in [0.29, 0.717) is 19.6 Å². The maximum Gasteiger partial charge on any atom is 0.325 e. The fourth-order valence-corrected chi connectivity index (χ4v) is 5.61. The summed E-state index contributed by atoms with van der Waals surface area (Å²) in [7, 11) is 0. The predicted octanol–water partition coefficient (Wildman–Crippen LogP) is 9.41. The van der Waals surface area contributed by atoms with Crippen molar-refractivity contribution in [3.8, 4) is 0 Å². The third-order valence-corrected chi connectivity index (χ3v) is 8.54. The molecule has 0 aliphatic carbocycles. The molecule has 1 N–H and O–H groups in total. The van der Waals surface area contributed by atoms with E-state index in [0.717, 1.165) is 89.9 Å². The SMILES string of the molecule is CCCCCCCCC(CCCCCC)C(=O)OCCCCCCOC(=O)CNC(=O)CCCOC(=O)C(CCC)CCCCC. The highest BCUT2D eigenvalue weighted by Gasteiger charge is 2.20. The first-order chi connectivity index (χ1) is 22.4. The number of carbonyl (C=O) groups is 4. The van der Waals surface area contributed by atoms with E-state index in [4.69, 9.17) is 14.2 Å². The first-order valence-electron chi connectivity index (χ1n) is 19.1. The van der Waals surface area contributed by atoms with Crippen LogP contribution in [-0.4, -0.2) is 50.2 Å². The van der Waals surface area contributed by atoms with Gasteiger partial charge in [0, 0.05) is 6.42 Å². The molecule has 0 saturated carbocycles. The van der Waals surface area contributed by atoms with E-state index in [-0.39, 0.29) is 49.3 Å². The van der Waals surface area contributed by atoms with Crippen LogP contribution in [0.5, 0.6) is 0 Å². The van der Waals surface area contributed by atoms with Crippen molar-refractivity contribution in [2.45, 2.75) is 182 Å². The fourth-order valence-electron chi connectivity index (χ4n) is 5.61. The summed E-state index contributed by atoms with van der Waals surface area (Å²) in [5.41, 5.74) is 0. The largest absolute Gasteiger partial charge is 0.465 e. The molecule has 8 heteroatoms. The summed E-state index contributed by atoms with van der Waals surface area (Å²) < 4.78 is 16.3. The predicted molar refractivity (Wildman–Crippen MR) is 186 cm³/mol. The van der Waals surface area contributed by atoms with Gasteiger partial charge in [0.25, 0.3) is 0 Å². The van der Waals surface area contributed by atoms with Gasteiger partial charge in [-0.1, -0.05) is 118 Å². The number of hydrogen-bond acceptors (Lipinski definition) is 7. The first-order valence-corrected chi connectivity index (χ1v) is 19.1. The molecule has 0 saturated heterocycles. The van der Waals surface area contributed by atoms with Gasteiger partial charge in [0.05, 0.1) is 31.7 Å². The van der Waals surface area contributed by atoms with Gasteiger partial charge in [-0.05, 0) is 57.8 Å². The van der Waals surface area contributed by atoms with Crippen LogP contribution in [0.1, 0.15) is 182 Å². The van der Waals surface area contributed by atoms with Gasteiger partial charge in [-0.2, -0.15) is 0 Å². The maximum absolute atomic E-state index is 12.8. The lowest BCUT2D eigenvalue weighted by Crippen LogP contribution is -2.30. The van der Waals surface area contributed by atoms with Crippen LogP contribution in [0.4, 0.5) is 0 Å². The molecule has 46 heavy (non-hydrogen) atoms. The molecular formula is C38H71NO7. The van der Waals surface area contributed by atoms with Crippen LogP contribution in [0.15, 0.2) is 0 Å². The van der Waals surface area contributed by atoms with Crippen LogP contribution in [0.2, 0.25) is 0 Å². The number of hydrogen-bond donors (Lipinski definition) is 1. The minimum absolute atomic E-state index is 0.0273. The number of carbonyl (C=O) groups excluding carboxylic acids is 4. The van der Waals surface area contributed by atoms with Gasteiger partial charge in [0.15, 0.2) is 0 Å². The lowest BCUT2D eigenvalue weighted by molar-refractivity contribution is -0.150. The highest BCUT2D eigenvalue weighted by Crippen LogP contribution is 2.21. The van der Waals surface area contributed by atoms with Gasteiger partial charge in [-0.3, -0.25) is 19.2 Å². The zero-order valence-electron chi connectivity index (χ0n) is 30.3. The van der Waals surface area contributed by atoms with E-state index in [9.17, 15) is 19.2 Å². The van der Waals surface area contributed by atoms with Crippen molar-refractivity contribution < 1.29 is 33.4 Å². The average Bonchev–Trinajstić information content (AvgIpc) is 3.05. The van der Waals surface area contributed by atoms with E-state index in [2.05, 4.69) is 33.0 Å². The second kappa shape index (κ2) is 32.8. The number of amides is 1. The van der Waals surface area contributed by atoms with E-state index in [1.165, 1.54) is 51.4 Å².